The van der Waals surface area contributed by atoms with E-state index in [9.17, 15) is 4.79 Å². The molecule has 1 aliphatic heterocycles. The second-order valence-electron chi connectivity index (χ2n) is 3.55. The van der Waals surface area contributed by atoms with Crippen LogP contribution >= 0.6 is 11.8 Å². The molecule has 0 amide bonds. The Morgan fingerprint density at radius 3 is 2.58 bits per heavy atom. The van der Waals surface area contributed by atoms with E-state index in [0.29, 0.717) is 0 Å². The zero-order chi connectivity index (χ0) is 9.03. The summed E-state index contributed by atoms with van der Waals surface area (Å²) in [6, 6.07) is 0. The van der Waals surface area contributed by atoms with Crippen molar-refractivity contribution in [2.45, 2.75) is 19.8 Å². The molecule has 2 nitrogen and oxygen atoms in total. The maximum absolute atomic E-state index is 11.0. The third-order valence-electron chi connectivity index (χ3n) is 2.91. The minimum absolute atomic E-state index is 0.121. The molecule has 0 saturated carbocycles. The van der Waals surface area contributed by atoms with Gasteiger partial charge in [-0.15, -0.1) is 0 Å². The van der Waals surface area contributed by atoms with Crippen molar-refractivity contribution in [3.05, 3.63) is 0 Å². The van der Waals surface area contributed by atoms with Gasteiger partial charge in [0.1, 0.15) is 6.29 Å². The molecular weight excluding hydrogens is 172 g/mol. The Hall–Kier alpha value is -0.0200. The summed E-state index contributed by atoms with van der Waals surface area (Å²) in [5.41, 5.74) is -0.222. The Bertz CT molecular complexity index is 153. The first kappa shape index (κ1) is 10.1. The Labute approximate surface area is 77.7 Å². The van der Waals surface area contributed by atoms with Crippen molar-refractivity contribution in [1.29, 1.82) is 0 Å². The number of thioether (sulfide) groups is 1. The lowest BCUT2D eigenvalue weighted by Gasteiger charge is -2.36. The summed E-state index contributed by atoms with van der Waals surface area (Å²) in [6.07, 6.45) is 2.93. The van der Waals surface area contributed by atoms with Gasteiger partial charge >= 0.3 is 0 Å². The van der Waals surface area contributed by atoms with E-state index in [1.54, 1.807) is 0 Å². The van der Waals surface area contributed by atoms with Crippen molar-refractivity contribution in [3.8, 4) is 0 Å². The van der Waals surface area contributed by atoms with E-state index in [2.05, 4.69) is 0 Å². The maximum Gasteiger partial charge on any atom is 0.126 e. The summed E-state index contributed by atoms with van der Waals surface area (Å²) in [5, 5.41) is 9.02. The lowest BCUT2D eigenvalue weighted by atomic mass is 9.73. The SMILES string of the molecule is CC(CO)C1(C=O)CCSCC1. The largest absolute Gasteiger partial charge is 0.396 e. The normalized spacial score (nSPS) is 24.8. The molecule has 12 heavy (non-hydrogen) atoms. The highest BCUT2D eigenvalue weighted by atomic mass is 32.2. The molecule has 1 rings (SSSR count). The van der Waals surface area contributed by atoms with Gasteiger partial charge in [-0.25, -0.2) is 0 Å². The van der Waals surface area contributed by atoms with Crippen LogP contribution in [0, 0.1) is 11.3 Å². The molecule has 1 fully saturated rings. The smallest absolute Gasteiger partial charge is 0.126 e. The first-order valence-electron chi connectivity index (χ1n) is 4.40. The summed E-state index contributed by atoms with van der Waals surface area (Å²) in [4.78, 5) is 11.0. The summed E-state index contributed by atoms with van der Waals surface area (Å²) < 4.78 is 0. The van der Waals surface area contributed by atoms with Gasteiger partial charge in [-0.2, -0.15) is 11.8 Å². The maximum atomic E-state index is 11.0. The average molecular weight is 188 g/mol. The Kier molecular flexibility index (Phi) is 3.59. The van der Waals surface area contributed by atoms with Crippen molar-refractivity contribution in [2.75, 3.05) is 18.1 Å². The van der Waals surface area contributed by atoms with Gasteiger partial charge < -0.3 is 9.90 Å². The van der Waals surface area contributed by atoms with E-state index in [0.717, 1.165) is 30.6 Å². The molecule has 1 unspecified atom stereocenters. The zero-order valence-electron chi connectivity index (χ0n) is 7.45. The Morgan fingerprint density at radius 1 is 1.58 bits per heavy atom. The molecule has 1 atom stereocenters. The topological polar surface area (TPSA) is 37.3 Å². The molecule has 0 radical (unpaired) electrons. The van der Waals surface area contributed by atoms with Crippen LogP contribution in [0.4, 0.5) is 0 Å². The lowest BCUT2D eigenvalue weighted by molar-refractivity contribution is -0.120. The molecule has 1 saturated heterocycles. The fraction of sp³-hybridized carbons (Fsp3) is 0.889. The van der Waals surface area contributed by atoms with Gasteiger partial charge in [-0.3, -0.25) is 0 Å². The fourth-order valence-electron chi connectivity index (χ4n) is 1.66. The van der Waals surface area contributed by atoms with Crippen molar-refractivity contribution >= 4 is 18.0 Å². The van der Waals surface area contributed by atoms with Gasteiger partial charge in [0.15, 0.2) is 0 Å². The van der Waals surface area contributed by atoms with E-state index in [1.807, 2.05) is 18.7 Å². The van der Waals surface area contributed by atoms with Crippen LogP contribution in [0.2, 0.25) is 0 Å². The van der Waals surface area contributed by atoms with Crippen LogP contribution in [-0.2, 0) is 4.79 Å². The van der Waals surface area contributed by atoms with Gasteiger partial charge in [-0.1, -0.05) is 6.92 Å². The number of aliphatic hydroxyl groups excluding tert-OH is 1. The number of carbonyl (C=O) groups excluding carboxylic acids is 1. The third kappa shape index (κ3) is 1.83. The number of hydrogen-bond acceptors (Lipinski definition) is 3. The standard InChI is InChI=1S/C9H16O2S/c1-8(6-10)9(7-11)2-4-12-5-3-9/h7-8,10H,2-6H2,1H3. The third-order valence-corrected chi connectivity index (χ3v) is 3.90. The monoisotopic (exact) mass is 188 g/mol. The predicted molar refractivity (Wildman–Crippen MR) is 51.3 cm³/mol. The van der Waals surface area contributed by atoms with E-state index < -0.39 is 0 Å². The second kappa shape index (κ2) is 4.28. The van der Waals surface area contributed by atoms with Gasteiger partial charge in [0.05, 0.1) is 0 Å². The predicted octanol–water partition coefficient (Wildman–Crippen LogP) is 1.33. The molecule has 0 aromatic heterocycles. The van der Waals surface area contributed by atoms with Gasteiger partial charge in [0, 0.05) is 12.0 Å². The molecule has 1 heterocycles. The summed E-state index contributed by atoms with van der Waals surface area (Å²) in [6.45, 7) is 2.09. The van der Waals surface area contributed by atoms with E-state index in [4.69, 9.17) is 5.11 Å². The molecule has 70 valence electrons. The molecule has 1 aliphatic rings. The van der Waals surface area contributed by atoms with Crippen molar-refractivity contribution in [3.63, 3.8) is 0 Å². The van der Waals surface area contributed by atoms with Crippen molar-refractivity contribution < 1.29 is 9.90 Å². The molecule has 0 aromatic carbocycles. The number of aliphatic hydroxyl groups is 1. The first-order chi connectivity index (χ1) is 5.75. The lowest BCUT2D eigenvalue weighted by Crippen LogP contribution is -2.36. The molecule has 0 aromatic rings. The second-order valence-corrected chi connectivity index (χ2v) is 4.77. The molecular formula is C9H16O2S. The van der Waals surface area contributed by atoms with Crippen LogP contribution in [-0.4, -0.2) is 29.5 Å². The molecule has 3 heteroatoms. The number of rotatable bonds is 3. The van der Waals surface area contributed by atoms with Crippen molar-refractivity contribution in [2.24, 2.45) is 11.3 Å². The summed E-state index contributed by atoms with van der Waals surface area (Å²) >= 11 is 1.90. The molecule has 0 spiro atoms. The number of carbonyl (C=O) groups is 1. The van der Waals surface area contributed by atoms with E-state index in [1.165, 1.54) is 0 Å². The highest BCUT2D eigenvalue weighted by Crippen LogP contribution is 2.39. The highest BCUT2D eigenvalue weighted by Gasteiger charge is 2.36. The van der Waals surface area contributed by atoms with Crippen LogP contribution in [0.1, 0.15) is 19.8 Å². The minimum Gasteiger partial charge on any atom is -0.396 e. The van der Waals surface area contributed by atoms with Crippen LogP contribution in [0.15, 0.2) is 0 Å². The quantitative estimate of drug-likeness (QED) is 0.679. The van der Waals surface area contributed by atoms with E-state index >= 15 is 0 Å². The number of aldehydes is 1. The van der Waals surface area contributed by atoms with Crippen LogP contribution in [0.3, 0.4) is 0 Å². The molecule has 0 aliphatic carbocycles. The highest BCUT2D eigenvalue weighted by molar-refractivity contribution is 7.99. The van der Waals surface area contributed by atoms with Gasteiger partial charge in [-0.05, 0) is 30.3 Å². The summed E-state index contributed by atoms with van der Waals surface area (Å²) in [7, 11) is 0. The van der Waals surface area contributed by atoms with Crippen molar-refractivity contribution in [1.82, 2.24) is 0 Å². The zero-order valence-corrected chi connectivity index (χ0v) is 8.27. The molecule has 0 bridgehead atoms. The van der Waals surface area contributed by atoms with Gasteiger partial charge in [0.25, 0.3) is 0 Å². The fourth-order valence-corrected chi connectivity index (χ4v) is 2.91. The Morgan fingerprint density at radius 2 is 2.17 bits per heavy atom. The first-order valence-corrected chi connectivity index (χ1v) is 5.55. The van der Waals surface area contributed by atoms with Crippen LogP contribution in [0.5, 0.6) is 0 Å². The molecule has 1 N–H and O–H groups in total. The summed E-state index contributed by atoms with van der Waals surface area (Å²) in [5.74, 6) is 2.24. The number of hydrogen-bond donors (Lipinski definition) is 1. The minimum atomic E-state index is -0.222. The van der Waals surface area contributed by atoms with Gasteiger partial charge in [0.2, 0.25) is 0 Å². The Balaban J connectivity index is 2.65. The van der Waals surface area contributed by atoms with Crippen LogP contribution < -0.4 is 0 Å². The average Bonchev–Trinajstić information content (AvgIpc) is 2.17. The van der Waals surface area contributed by atoms with E-state index in [-0.39, 0.29) is 17.9 Å². The van der Waals surface area contributed by atoms with Crippen LogP contribution in [0.25, 0.3) is 0 Å².